The molecule has 0 spiro atoms. The Balaban J connectivity index is 2.08. The summed E-state index contributed by atoms with van der Waals surface area (Å²) in [5.74, 6) is 0.901. The molecule has 1 aromatic carbocycles. The van der Waals surface area contributed by atoms with Crippen LogP contribution in [0.15, 0.2) is 30.3 Å². The average molecular weight is 260 g/mol. The predicted octanol–water partition coefficient (Wildman–Crippen LogP) is 2.60. The molecule has 19 heavy (non-hydrogen) atoms. The van der Waals surface area contributed by atoms with Crippen LogP contribution >= 0.6 is 0 Å². The second-order valence-corrected chi connectivity index (χ2v) is 5.46. The standard InChI is InChI=1S/C16H24N2O/c1-13(15-9-4-3-5-10-15)18(16(19)11-17-2)12-14-7-6-8-14/h3-5,9-10,13-14,17H,6-8,11-12H2,1-2H3. The lowest BCUT2D eigenvalue weighted by atomic mass is 9.84. The van der Waals surface area contributed by atoms with Crippen molar-refractivity contribution in [2.24, 2.45) is 5.92 Å². The van der Waals surface area contributed by atoms with Crippen LogP contribution in [-0.2, 0) is 4.79 Å². The predicted molar refractivity (Wildman–Crippen MR) is 77.8 cm³/mol. The van der Waals surface area contributed by atoms with Crippen LogP contribution in [0.4, 0.5) is 0 Å². The van der Waals surface area contributed by atoms with E-state index in [0.717, 1.165) is 6.54 Å². The number of carbonyl (C=O) groups excluding carboxylic acids is 1. The highest BCUT2D eigenvalue weighted by atomic mass is 16.2. The minimum absolute atomic E-state index is 0.155. The smallest absolute Gasteiger partial charge is 0.237 e. The van der Waals surface area contributed by atoms with Gasteiger partial charge in [0.05, 0.1) is 12.6 Å². The van der Waals surface area contributed by atoms with E-state index in [2.05, 4.69) is 24.4 Å². The van der Waals surface area contributed by atoms with Gasteiger partial charge < -0.3 is 10.2 Å². The summed E-state index contributed by atoms with van der Waals surface area (Å²) in [5.41, 5.74) is 1.21. The molecule has 1 aliphatic rings. The summed E-state index contributed by atoms with van der Waals surface area (Å²) < 4.78 is 0. The fourth-order valence-corrected chi connectivity index (χ4v) is 2.59. The molecule has 0 aromatic heterocycles. The number of nitrogens with one attached hydrogen (secondary N) is 1. The number of rotatable bonds is 6. The molecule has 3 heteroatoms. The normalized spacial score (nSPS) is 16.7. The monoisotopic (exact) mass is 260 g/mol. The minimum Gasteiger partial charge on any atom is -0.335 e. The quantitative estimate of drug-likeness (QED) is 0.852. The molecule has 1 amide bonds. The third kappa shape index (κ3) is 3.57. The van der Waals surface area contributed by atoms with Crippen LogP contribution < -0.4 is 5.32 Å². The molecular formula is C16H24N2O. The van der Waals surface area contributed by atoms with Crippen LogP contribution in [0.2, 0.25) is 0 Å². The van der Waals surface area contributed by atoms with E-state index in [0.29, 0.717) is 12.5 Å². The molecular weight excluding hydrogens is 236 g/mol. The van der Waals surface area contributed by atoms with Gasteiger partial charge in [-0.2, -0.15) is 0 Å². The van der Waals surface area contributed by atoms with Gasteiger partial charge in [0.15, 0.2) is 0 Å². The first kappa shape index (κ1) is 14.1. The van der Waals surface area contributed by atoms with E-state index in [1.807, 2.05) is 30.1 Å². The lowest BCUT2D eigenvalue weighted by molar-refractivity contribution is -0.133. The van der Waals surface area contributed by atoms with Crippen molar-refractivity contribution >= 4 is 5.91 Å². The summed E-state index contributed by atoms with van der Waals surface area (Å²) in [6.45, 7) is 3.45. The highest BCUT2D eigenvalue weighted by Crippen LogP contribution is 2.30. The zero-order valence-electron chi connectivity index (χ0n) is 11.9. The van der Waals surface area contributed by atoms with Gasteiger partial charge >= 0.3 is 0 Å². The van der Waals surface area contributed by atoms with Gasteiger partial charge in [0, 0.05) is 6.54 Å². The minimum atomic E-state index is 0.155. The lowest BCUT2D eigenvalue weighted by Gasteiger charge is -2.36. The number of hydrogen-bond acceptors (Lipinski definition) is 2. The summed E-state index contributed by atoms with van der Waals surface area (Å²) in [7, 11) is 1.83. The summed E-state index contributed by atoms with van der Waals surface area (Å²) in [6.07, 6.45) is 3.86. The Morgan fingerprint density at radius 2 is 2.05 bits per heavy atom. The van der Waals surface area contributed by atoms with Crippen molar-refractivity contribution in [2.75, 3.05) is 20.1 Å². The molecule has 0 heterocycles. The summed E-state index contributed by atoms with van der Waals surface area (Å²) >= 11 is 0. The van der Waals surface area contributed by atoms with Gasteiger partial charge in [-0.05, 0) is 38.3 Å². The molecule has 1 atom stereocenters. The second-order valence-electron chi connectivity index (χ2n) is 5.46. The maximum absolute atomic E-state index is 12.3. The van der Waals surface area contributed by atoms with Gasteiger partial charge in [0.25, 0.3) is 0 Å². The summed E-state index contributed by atoms with van der Waals surface area (Å²) in [4.78, 5) is 14.3. The molecule has 0 aliphatic heterocycles. The first-order chi connectivity index (χ1) is 9.22. The largest absolute Gasteiger partial charge is 0.335 e. The SMILES string of the molecule is CNCC(=O)N(CC1CCC1)C(C)c1ccccc1. The number of likely N-dealkylation sites (N-methyl/N-ethyl adjacent to an activating group) is 1. The van der Waals surface area contributed by atoms with E-state index in [9.17, 15) is 4.79 Å². The van der Waals surface area contributed by atoms with Crippen molar-refractivity contribution in [1.29, 1.82) is 0 Å². The third-order valence-electron chi connectivity index (χ3n) is 4.08. The molecule has 1 fully saturated rings. The molecule has 1 unspecified atom stereocenters. The molecule has 2 rings (SSSR count). The maximum atomic E-state index is 12.3. The Morgan fingerprint density at radius 1 is 1.37 bits per heavy atom. The van der Waals surface area contributed by atoms with Gasteiger partial charge in [-0.1, -0.05) is 36.8 Å². The fourth-order valence-electron chi connectivity index (χ4n) is 2.59. The van der Waals surface area contributed by atoms with Gasteiger partial charge in [-0.25, -0.2) is 0 Å². The zero-order chi connectivity index (χ0) is 13.7. The van der Waals surface area contributed by atoms with Crippen LogP contribution in [0.25, 0.3) is 0 Å². The van der Waals surface area contributed by atoms with E-state index in [-0.39, 0.29) is 11.9 Å². The maximum Gasteiger partial charge on any atom is 0.237 e. The molecule has 1 aromatic rings. The van der Waals surface area contributed by atoms with Crippen molar-refractivity contribution in [3.05, 3.63) is 35.9 Å². The Morgan fingerprint density at radius 3 is 2.58 bits per heavy atom. The van der Waals surface area contributed by atoms with Crippen LogP contribution in [-0.4, -0.2) is 30.9 Å². The number of carbonyl (C=O) groups is 1. The van der Waals surface area contributed by atoms with Gasteiger partial charge in [-0.3, -0.25) is 4.79 Å². The second kappa shape index (κ2) is 6.71. The first-order valence-electron chi connectivity index (χ1n) is 7.21. The molecule has 104 valence electrons. The molecule has 3 nitrogen and oxygen atoms in total. The van der Waals surface area contributed by atoms with Crippen LogP contribution in [0.3, 0.4) is 0 Å². The molecule has 1 N–H and O–H groups in total. The number of benzene rings is 1. The van der Waals surface area contributed by atoms with Gasteiger partial charge in [0.2, 0.25) is 5.91 Å². The first-order valence-corrected chi connectivity index (χ1v) is 7.21. The molecule has 0 saturated heterocycles. The Bertz CT molecular complexity index is 400. The number of nitrogens with zero attached hydrogens (tertiary/aromatic N) is 1. The van der Waals surface area contributed by atoms with Crippen molar-refractivity contribution in [3.8, 4) is 0 Å². The third-order valence-corrected chi connectivity index (χ3v) is 4.08. The molecule has 1 saturated carbocycles. The molecule has 0 radical (unpaired) electrons. The highest BCUT2D eigenvalue weighted by molar-refractivity contribution is 5.78. The van der Waals surface area contributed by atoms with Crippen molar-refractivity contribution < 1.29 is 4.79 Å². The number of hydrogen-bond donors (Lipinski definition) is 1. The Kier molecular flexibility index (Phi) is 4.97. The fraction of sp³-hybridized carbons (Fsp3) is 0.562. The van der Waals surface area contributed by atoms with E-state index < -0.39 is 0 Å². The Hall–Kier alpha value is -1.35. The summed E-state index contributed by atoms with van der Waals surface area (Å²) in [5, 5.41) is 2.97. The average Bonchev–Trinajstić information content (AvgIpc) is 2.38. The van der Waals surface area contributed by atoms with Gasteiger partial charge in [-0.15, -0.1) is 0 Å². The van der Waals surface area contributed by atoms with Gasteiger partial charge in [0.1, 0.15) is 0 Å². The van der Waals surface area contributed by atoms with Crippen LogP contribution in [0.5, 0.6) is 0 Å². The summed E-state index contributed by atoms with van der Waals surface area (Å²) in [6, 6.07) is 10.5. The lowest BCUT2D eigenvalue weighted by Crippen LogP contribution is -2.42. The zero-order valence-corrected chi connectivity index (χ0v) is 11.9. The van der Waals surface area contributed by atoms with Crippen molar-refractivity contribution in [3.63, 3.8) is 0 Å². The molecule has 1 aliphatic carbocycles. The van der Waals surface area contributed by atoms with Crippen molar-refractivity contribution in [1.82, 2.24) is 10.2 Å². The van der Waals surface area contributed by atoms with E-state index in [4.69, 9.17) is 0 Å². The highest BCUT2D eigenvalue weighted by Gasteiger charge is 2.27. The van der Waals surface area contributed by atoms with Crippen molar-refractivity contribution in [2.45, 2.75) is 32.2 Å². The molecule has 0 bridgehead atoms. The van der Waals surface area contributed by atoms with Crippen LogP contribution in [0.1, 0.15) is 37.8 Å². The number of amides is 1. The van der Waals surface area contributed by atoms with E-state index in [1.165, 1.54) is 24.8 Å². The van der Waals surface area contributed by atoms with E-state index >= 15 is 0 Å². The Labute approximate surface area is 116 Å². The van der Waals surface area contributed by atoms with Crippen LogP contribution in [0, 0.1) is 5.92 Å². The van der Waals surface area contributed by atoms with E-state index in [1.54, 1.807) is 0 Å². The topological polar surface area (TPSA) is 32.3 Å².